The number of thiazole rings is 1. The molecule has 23 heavy (non-hydrogen) atoms. The van der Waals surface area contributed by atoms with E-state index in [0.29, 0.717) is 0 Å². The Morgan fingerprint density at radius 3 is 2.74 bits per heavy atom. The fraction of sp³-hybridized carbons (Fsp3) is 0.0526. The quantitative estimate of drug-likeness (QED) is 0.432. The number of fused-ring (bicyclic) bond motifs is 5. The van der Waals surface area contributed by atoms with Gasteiger partial charge < -0.3 is 0 Å². The molecule has 3 aromatic heterocycles. The average Bonchev–Trinajstić information content (AvgIpc) is 3.09. The number of rotatable bonds is 1. The lowest BCUT2D eigenvalue weighted by Crippen LogP contribution is -1.85. The lowest BCUT2D eigenvalue weighted by Gasteiger charge is -2.03. The third-order valence-corrected chi connectivity index (χ3v) is 5.11. The van der Waals surface area contributed by atoms with Crippen molar-refractivity contribution in [2.45, 2.75) is 6.92 Å². The van der Waals surface area contributed by atoms with Gasteiger partial charge in [0, 0.05) is 11.8 Å². The molecule has 0 amide bonds. The third-order valence-electron chi connectivity index (χ3n) is 4.14. The van der Waals surface area contributed by atoms with Crippen LogP contribution in [0.1, 0.15) is 5.56 Å². The van der Waals surface area contributed by atoms with Crippen molar-refractivity contribution in [1.29, 1.82) is 0 Å². The molecule has 0 saturated carbocycles. The molecule has 0 radical (unpaired) electrons. The number of aryl methyl sites for hydroxylation is 1. The summed E-state index contributed by atoms with van der Waals surface area (Å²) in [5.74, 6) is 0. The van der Waals surface area contributed by atoms with Gasteiger partial charge >= 0.3 is 0 Å². The van der Waals surface area contributed by atoms with Gasteiger partial charge in [-0.15, -0.1) is 0 Å². The van der Waals surface area contributed by atoms with E-state index < -0.39 is 0 Å². The van der Waals surface area contributed by atoms with Gasteiger partial charge in [-0.1, -0.05) is 53.3 Å². The Kier molecular flexibility index (Phi) is 2.58. The summed E-state index contributed by atoms with van der Waals surface area (Å²) in [4.78, 5) is 11.4. The number of hydrogen-bond acceptors (Lipinski definition) is 3. The lowest BCUT2D eigenvalue weighted by molar-refractivity contribution is 1.32. The van der Waals surface area contributed by atoms with E-state index in [1.165, 1.54) is 11.1 Å². The number of para-hydroxylation sites is 2. The standard InChI is InChI=1S/C19H13N3S/c1-12-5-4-6-13(9-12)14-10-17-18(20-11-14)23-19-21-15-7-2-3-8-16(15)22(17)19/h2-11H,1H3. The first-order valence-corrected chi connectivity index (χ1v) is 8.34. The Balaban J connectivity index is 1.85. The second kappa shape index (κ2) is 4.64. The summed E-state index contributed by atoms with van der Waals surface area (Å²) in [5, 5.41) is 0. The Morgan fingerprint density at radius 2 is 1.83 bits per heavy atom. The van der Waals surface area contributed by atoms with Gasteiger partial charge in [0.25, 0.3) is 0 Å². The smallest absolute Gasteiger partial charge is 0.197 e. The van der Waals surface area contributed by atoms with E-state index in [4.69, 9.17) is 4.98 Å². The van der Waals surface area contributed by atoms with Gasteiger partial charge in [-0.2, -0.15) is 0 Å². The molecule has 0 aliphatic rings. The van der Waals surface area contributed by atoms with Gasteiger partial charge in [-0.3, -0.25) is 4.40 Å². The number of imidazole rings is 1. The molecule has 0 fully saturated rings. The zero-order chi connectivity index (χ0) is 15.4. The monoisotopic (exact) mass is 315 g/mol. The van der Waals surface area contributed by atoms with E-state index in [1.54, 1.807) is 11.3 Å². The summed E-state index contributed by atoms with van der Waals surface area (Å²) >= 11 is 1.64. The van der Waals surface area contributed by atoms with Crippen molar-refractivity contribution in [3.05, 3.63) is 66.4 Å². The zero-order valence-electron chi connectivity index (χ0n) is 12.5. The molecule has 0 aliphatic heterocycles. The molecule has 2 aromatic carbocycles. The van der Waals surface area contributed by atoms with Crippen molar-refractivity contribution in [1.82, 2.24) is 14.4 Å². The zero-order valence-corrected chi connectivity index (χ0v) is 13.3. The normalized spacial score (nSPS) is 11.7. The van der Waals surface area contributed by atoms with Gasteiger partial charge in [0.1, 0.15) is 4.83 Å². The molecule has 3 heterocycles. The van der Waals surface area contributed by atoms with Gasteiger partial charge in [0.15, 0.2) is 4.96 Å². The Morgan fingerprint density at radius 1 is 0.913 bits per heavy atom. The SMILES string of the molecule is Cc1cccc(-c2cnc3sc4nc5ccccc5n4c3c2)c1. The minimum absolute atomic E-state index is 0.995. The molecule has 4 heteroatoms. The van der Waals surface area contributed by atoms with E-state index in [2.05, 4.69) is 64.8 Å². The molecular formula is C19H13N3S. The van der Waals surface area contributed by atoms with Gasteiger partial charge in [0.05, 0.1) is 16.6 Å². The number of hydrogen-bond donors (Lipinski definition) is 0. The van der Waals surface area contributed by atoms with Crippen LogP contribution in [0, 0.1) is 6.92 Å². The maximum absolute atomic E-state index is 4.71. The van der Waals surface area contributed by atoms with Crippen LogP contribution in [-0.4, -0.2) is 14.4 Å². The molecule has 110 valence electrons. The summed E-state index contributed by atoms with van der Waals surface area (Å²) in [5.41, 5.74) is 6.88. The lowest BCUT2D eigenvalue weighted by atomic mass is 10.1. The highest BCUT2D eigenvalue weighted by molar-refractivity contribution is 7.23. The van der Waals surface area contributed by atoms with Crippen LogP contribution in [0.3, 0.4) is 0 Å². The molecule has 0 spiro atoms. The van der Waals surface area contributed by atoms with Crippen LogP contribution in [0.5, 0.6) is 0 Å². The van der Waals surface area contributed by atoms with Crippen molar-refractivity contribution in [2.24, 2.45) is 0 Å². The Labute approximate surface area is 136 Å². The minimum atomic E-state index is 0.995. The molecule has 0 unspecified atom stereocenters. The maximum Gasteiger partial charge on any atom is 0.197 e. The van der Waals surface area contributed by atoms with Gasteiger partial charge in [-0.05, 0) is 30.7 Å². The molecule has 5 aromatic rings. The fourth-order valence-electron chi connectivity index (χ4n) is 3.05. The van der Waals surface area contributed by atoms with Crippen LogP contribution >= 0.6 is 11.3 Å². The topological polar surface area (TPSA) is 30.2 Å². The first-order valence-electron chi connectivity index (χ1n) is 7.52. The Hall–Kier alpha value is -2.72. The maximum atomic E-state index is 4.71. The van der Waals surface area contributed by atoms with Crippen molar-refractivity contribution in [3.63, 3.8) is 0 Å². The van der Waals surface area contributed by atoms with Crippen molar-refractivity contribution < 1.29 is 0 Å². The molecule has 3 nitrogen and oxygen atoms in total. The fourth-order valence-corrected chi connectivity index (χ4v) is 4.02. The third kappa shape index (κ3) is 1.88. The summed E-state index contributed by atoms with van der Waals surface area (Å²) in [6, 6.07) is 19.0. The van der Waals surface area contributed by atoms with Crippen LogP contribution in [0.25, 0.3) is 37.5 Å². The van der Waals surface area contributed by atoms with E-state index in [1.807, 2.05) is 12.3 Å². The summed E-state index contributed by atoms with van der Waals surface area (Å²) in [7, 11) is 0. The number of aromatic nitrogens is 3. The van der Waals surface area contributed by atoms with Crippen LogP contribution in [0.4, 0.5) is 0 Å². The van der Waals surface area contributed by atoms with E-state index >= 15 is 0 Å². The highest BCUT2D eigenvalue weighted by Gasteiger charge is 2.12. The molecular weight excluding hydrogens is 302 g/mol. The number of pyridine rings is 1. The molecule has 0 saturated heterocycles. The first-order chi connectivity index (χ1) is 11.3. The second-order valence-corrected chi connectivity index (χ2v) is 6.69. The van der Waals surface area contributed by atoms with E-state index in [-0.39, 0.29) is 0 Å². The highest BCUT2D eigenvalue weighted by Crippen LogP contribution is 2.31. The molecule has 5 rings (SSSR count). The molecule has 0 aliphatic carbocycles. The van der Waals surface area contributed by atoms with E-state index in [9.17, 15) is 0 Å². The predicted molar refractivity (Wildman–Crippen MR) is 96.0 cm³/mol. The predicted octanol–water partition coefficient (Wildman–Crippen LogP) is 5.07. The van der Waals surface area contributed by atoms with Crippen molar-refractivity contribution in [2.75, 3.05) is 0 Å². The molecule has 0 bridgehead atoms. The van der Waals surface area contributed by atoms with Crippen LogP contribution < -0.4 is 0 Å². The average molecular weight is 315 g/mol. The van der Waals surface area contributed by atoms with Crippen LogP contribution in [-0.2, 0) is 0 Å². The number of nitrogens with zero attached hydrogens (tertiary/aromatic N) is 3. The van der Waals surface area contributed by atoms with Crippen LogP contribution in [0.2, 0.25) is 0 Å². The van der Waals surface area contributed by atoms with Gasteiger partial charge in [-0.25, -0.2) is 9.97 Å². The summed E-state index contributed by atoms with van der Waals surface area (Å²) in [6.07, 6.45) is 1.95. The Bertz CT molecular complexity index is 1180. The largest absolute Gasteiger partial charge is 0.281 e. The summed E-state index contributed by atoms with van der Waals surface area (Å²) < 4.78 is 2.21. The van der Waals surface area contributed by atoms with Crippen molar-refractivity contribution in [3.8, 4) is 11.1 Å². The minimum Gasteiger partial charge on any atom is -0.281 e. The summed E-state index contributed by atoms with van der Waals surface area (Å²) in [6.45, 7) is 2.11. The molecule has 0 atom stereocenters. The second-order valence-electron chi connectivity index (χ2n) is 5.74. The van der Waals surface area contributed by atoms with E-state index in [0.717, 1.165) is 31.9 Å². The highest BCUT2D eigenvalue weighted by atomic mass is 32.1. The van der Waals surface area contributed by atoms with Crippen molar-refractivity contribution >= 4 is 37.7 Å². The number of benzene rings is 2. The molecule has 0 N–H and O–H groups in total. The van der Waals surface area contributed by atoms with Crippen LogP contribution in [0.15, 0.2) is 60.8 Å². The van der Waals surface area contributed by atoms with Gasteiger partial charge in [0.2, 0.25) is 0 Å². The first kappa shape index (κ1) is 12.8.